The van der Waals surface area contributed by atoms with Crippen LogP contribution in [0.1, 0.15) is 5.56 Å². The first-order valence-electron chi connectivity index (χ1n) is 5.08. The van der Waals surface area contributed by atoms with Crippen LogP contribution in [-0.4, -0.2) is 4.98 Å². The van der Waals surface area contributed by atoms with Crippen molar-refractivity contribution in [2.45, 2.75) is 16.5 Å². The molecule has 0 unspecified atom stereocenters. The smallest absolute Gasteiger partial charge is 0.140 e. The Morgan fingerprint density at radius 2 is 1.94 bits per heavy atom. The SMILES string of the molecule is NCc1cc(F)c(Sc2ncccc2Br)c(F)c1. The minimum absolute atomic E-state index is 0.0772. The normalized spacial score (nSPS) is 10.7. The molecule has 2 nitrogen and oxygen atoms in total. The van der Waals surface area contributed by atoms with Crippen LogP contribution in [0.5, 0.6) is 0 Å². The lowest BCUT2D eigenvalue weighted by molar-refractivity contribution is 0.537. The number of halogens is 3. The number of nitrogens with zero attached hydrogens (tertiary/aromatic N) is 1. The van der Waals surface area contributed by atoms with E-state index in [1.54, 1.807) is 18.3 Å². The fourth-order valence-corrected chi connectivity index (χ4v) is 2.65. The first-order valence-corrected chi connectivity index (χ1v) is 6.69. The maximum atomic E-state index is 13.8. The standard InChI is InChI=1S/C12H9BrF2N2S/c13-8-2-1-3-17-12(8)18-11-9(14)4-7(6-16)5-10(11)15/h1-5H,6,16H2. The lowest BCUT2D eigenvalue weighted by Gasteiger charge is -2.07. The maximum Gasteiger partial charge on any atom is 0.140 e. The highest BCUT2D eigenvalue weighted by Crippen LogP contribution is 2.35. The molecule has 0 atom stereocenters. The van der Waals surface area contributed by atoms with Crippen LogP contribution in [0.2, 0.25) is 0 Å². The fraction of sp³-hybridized carbons (Fsp3) is 0.0833. The molecule has 18 heavy (non-hydrogen) atoms. The van der Waals surface area contributed by atoms with Gasteiger partial charge in [-0.05, 0) is 45.8 Å². The number of nitrogens with two attached hydrogens (primary N) is 1. The van der Waals surface area contributed by atoms with Gasteiger partial charge in [0.1, 0.15) is 16.7 Å². The molecule has 94 valence electrons. The van der Waals surface area contributed by atoms with Crippen molar-refractivity contribution < 1.29 is 8.78 Å². The van der Waals surface area contributed by atoms with E-state index in [1.165, 1.54) is 12.1 Å². The minimum atomic E-state index is -0.627. The zero-order valence-corrected chi connectivity index (χ0v) is 11.6. The van der Waals surface area contributed by atoms with Gasteiger partial charge in [0.25, 0.3) is 0 Å². The second-order valence-electron chi connectivity index (χ2n) is 3.49. The van der Waals surface area contributed by atoms with Crippen LogP contribution >= 0.6 is 27.7 Å². The largest absolute Gasteiger partial charge is 0.326 e. The quantitative estimate of drug-likeness (QED) is 0.931. The molecule has 1 aromatic carbocycles. The molecular weight excluding hydrogens is 322 g/mol. The van der Waals surface area contributed by atoms with E-state index in [4.69, 9.17) is 5.73 Å². The predicted octanol–water partition coefficient (Wildman–Crippen LogP) is 3.73. The number of benzene rings is 1. The molecule has 2 aromatic rings. The third-order valence-corrected chi connectivity index (χ3v) is 4.23. The van der Waals surface area contributed by atoms with Crippen LogP contribution in [0.15, 0.2) is 44.9 Å². The topological polar surface area (TPSA) is 38.9 Å². The van der Waals surface area contributed by atoms with Crippen molar-refractivity contribution in [1.29, 1.82) is 0 Å². The van der Waals surface area contributed by atoms with Crippen molar-refractivity contribution in [3.05, 3.63) is 52.1 Å². The second-order valence-corrected chi connectivity index (χ2v) is 5.34. The van der Waals surface area contributed by atoms with Gasteiger partial charge in [-0.15, -0.1) is 0 Å². The first-order chi connectivity index (χ1) is 8.61. The van der Waals surface area contributed by atoms with Crippen molar-refractivity contribution in [1.82, 2.24) is 4.98 Å². The van der Waals surface area contributed by atoms with Crippen molar-refractivity contribution in [3.63, 3.8) is 0 Å². The van der Waals surface area contributed by atoms with Crippen LogP contribution in [-0.2, 0) is 6.54 Å². The number of hydrogen-bond acceptors (Lipinski definition) is 3. The lowest BCUT2D eigenvalue weighted by atomic mass is 10.2. The van der Waals surface area contributed by atoms with Gasteiger partial charge in [-0.25, -0.2) is 13.8 Å². The molecule has 6 heteroatoms. The molecule has 0 aliphatic carbocycles. The Balaban J connectivity index is 2.38. The van der Waals surface area contributed by atoms with Gasteiger partial charge >= 0.3 is 0 Å². The first kappa shape index (κ1) is 13.5. The molecule has 0 radical (unpaired) electrons. The Morgan fingerprint density at radius 1 is 1.28 bits per heavy atom. The minimum Gasteiger partial charge on any atom is -0.326 e. The Labute approximate surface area is 116 Å². The Morgan fingerprint density at radius 3 is 2.50 bits per heavy atom. The summed E-state index contributed by atoms with van der Waals surface area (Å²) in [4.78, 5) is 3.98. The molecular formula is C12H9BrF2N2S. The van der Waals surface area contributed by atoms with Crippen LogP contribution < -0.4 is 5.73 Å². The van der Waals surface area contributed by atoms with Gasteiger partial charge in [0, 0.05) is 12.7 Å². The van der Waals surface area contributed by atoms with Gasteiger partial charge in [0.2, 0.25) is 0 Å². The number of hydrogen-bond donors (Lipinski definition) is 1. The summed E-state index contributed by atoms with van der Waals surface area (Å²) in [6.45, 7) is 0.103. The van der Waals surface area contributed by atoms with Gasteiger partial charge < -0.3 is 5.73 Å². The van der Waals surface area contributed by atoms with Crippen molar-refractivity contribution in [2.24, 2.45) is 5.73 Å². The van der Waals surface area contributed by atoms with E-state index in [0.717, 1.165) is 11.8 Å². The van der Waals surface area contributed by atoms with Gasteiger partial charge in [-0.2, -0.15) is 0 Å². The second kappa shape index (κ2) is 5.77. The molecule has 0 saturated carbocycles. The molecule has 1 heterocycles. The van der Waals surface area contributed by atoms with E-state index in [1.807, 2.05) is 0 Å². The van der Waals surface area contributed by atoms with Crippen LogP contribution in [0.25, 0.3) is 0 Å². The van der Waals surface area contributed by atoms with E-state index >= 15 is 0 Å². The summed E-state index contributed by atoms with van der Waals surface area (Å²) in [5.74, 6) is -1.25. The monoisotopic (exact) mass is 330 g/mol. The number of pyridine rings is 1. The van der Waals surface area contributed by atoms with Crippen molar-refractivity contribution in [3.8, 4) is 0 Å². The van der Waals surface area contributed by atoms with E-state index in [2.05, 4.69) is 20.9 Å². The Bertz CT molecular complexity index is 555. The predicted molar refractivity (Wildman–Crippen MR) is 70.3 cm³/mol. The molecule has 0 spiro atoms. The maximum absolute atomic E-state index is 13.8. The average molecular weight is 331 g/mol. The molecule has 1 aromatic heterocycles. The number of aromatic nitrogens is 1. The van der Waals surface area contributed by atoms with Crippen LogP contribution in [0.3, 0.4) is 0 Å². The molecule has 0 aliphatic heterocycles. The van der Waals surface area contributed by atoms with E-state index in [0.29, 0.717) is 15.1 Å². The molecule has 2 N–H and O–H groups in total. The molecule has 0 bridgehead atoms. The van der Waals surface area contributed by atoms with E-state index < -0.39 is 11.6 Å². The summed E-state index contributed by atoms with van der Waals surface area (Å²) >= 11 is 4.22. The number of rotatable bonds is 3. The van der Waals surface area contributed by atoms with Crippen LogP contribution in [0, 0.1) is 11.6 Å². The third-order valence-electron chi connectivity index (χ3n) is 2.22. The summed E-state index contributed by atoms with van der Waals surface area (Å²) in [5, 5.41) is 0.510. The fourth-order valence-electron chi connectivity index (χ4n) is 1.37. The molecule has 2 rings (SSSR count). The average Bonchev–Trinajstić information content (AvgIpc) is 2.35. The van der Waals surface area contributed by atoms with E-state index in [-0.39, 0.29) is 11.4 Å². The highest BCUT2D eigenvalue weighted by Gasteiger charge is 2.14. The zero-order valence-electron chi connectivity index (χ0n) is 9.16. The van der Waals surface area contributed by atoms with Gasteiger partial charge in [0.05, 0.1) is 9.37 Å². The van der Waals surface area contributed by atoms with Gasteiger partial charge in [0.15, 0.2) is 0 Å². The highest BCUT2D eigenvalue weighted by atomic mass is 79.9. The summed E-state index contributed by atoms with van der Waals surface area (Å²) in [6.07, 6.45) is 1.57. The highest BCUT2D eigenvalue weighted by molar-refractivity contribution is 9.10. The summed E-state index contributed by atoms with van der Waals surface area (Å²) < 4.78 is 28.2. The molecule has 0 saturated heterocycles. The zero-order chi connectivity index (χ0) is 13.1. The summed E-state index contributed by atoms with van der Waals surface area (Å²) in [7, 11) is 0. The molecule has 0 fully saturated rings. The van der Waals surface area contributed by atoms with Gasteiger partial charge in [-0.1, -0.05) is 11.8 Å². The van der Waals surface area contributed by atoms with Crippen molar-refractivity contribution in [2.75, 3.05) is 0 Å². The lowest BCUT2D eigenvalue weighted by Crippen LogP contribution is -1.99. The Hall–Kier alpha value is -0.980. The van der Waals surface area contributed by atoms with Crippen molar-refractivity contribution >= 4 is 27.7 Å². The summed E-state index contributed by atoms with van der Waals surface area (Å²) in [6, 6.07) is 5.97. The summed E-state index contributed by atoms with van der Waals surface area (Å²) in [5.41, 5.74) is 5.78. The Kier molecular flexibility index (Phi) is 4.31. The van der Waals surface area contributed by atoms with Gasteiger partial charge in [-0.3, -0.25) is 0 Å². The molecule has 0 amide bonds. The molecule has 0 aliphatic rings. The van der Waals surface area contributed by atoms with E-state index in [9.17, 15) is 8.78 Å². The van der Waals surface area contributed by atoms with Crippen LogP contribution in [0.4, 0.5) is 8.78 Å². The third kappa shape index (κ3) is 2.88.